The number of carboxylic acids is 3. The molecule has 0 aromatic heterocycles. The van der Waals surface area contributed by atoms with Gasteiger partial charge in [-0.1, -0.05) is 60.7 Å². The van der Waals surface area contributed by atoms with Crippen LogP contribution in [0.4, 0.5) is 0 Å². The van der Waals surface area contributed by atoms with E-state index in [-0.39, 0.29) is 0 Å². The number of nitrogens with zero attached hydrogens (tertiary/aromatic N) is 1. The highest BCUT2D eigenvalue weighted by atomic mass is 16.8. The number of rotatable bonds is 14. The van der Waals surface area contributed by atoms with Gasteiger partial charge in [-0.25, -0.2) is 9.59 Å². The summed E-state index contributed by atoms with van der Waals surface area (Å²) in [5.74, 6) is -10.4. The van der Waals surface area contributed by atoms with Crippen molar-refractivity contribution in [3.05, 3.63) is 96.1 Å². The number of aliphatic carboxylic acids is 3. The molecule has 4 atom stereocenters. The lowest BCUT2D eigenvalue weighted by molar-refractivity contribution is -0.220. The van der Waals surface area contributed by atoms with Gasteiger partial charge in [0.15, 0.2) is 12.2 Å². The average molecular weight is 635 g/mol. The summed E-state index contributed by atoms with van der Waals surface area (Å²) in [7, 11) is 1.18. The van der Waals surface area contributed by atoms with Crippen LogP contribution in [0.15, 0.2) is 84.9 Å². The molecular formula is C33H34N2O11. The summed E-state index contributed by atoms with van der Waals surface area (Å²) < 4.78 is 16.2. The Labute approximate surface area is 264 Å². The van der Waals surface area contributed by atoms with Gasteiger partial charge in [0.1, 0.15) is 18.0 Å². The number of carbonyl (C=O) groups excluding carboxylic acids is 2. The van der Waals surface area contributed by atoms with Crippen molar-refractivity contribution >= 4 is 29.7 Å². The van der Waals surface area contributed by atoms with E-state index in [2.05, 4.69) is 5.32 Å². The molecule has 0 aliphatic carbocycles. The van der Waals surface area contributed by atoms with Gasteiger partial charge < -0.3 is 39.7 Å². The van der Waals surface area contributed by atoms with Crippen LogP contribution >= 0.6 is 0 Å². The SMILES string of the molecule is CNC(=O)C1OC(C(=O)O)(C(=O)O)OC1C(=O)N(CC(=O)O)C(C)C(CCc1ccccc1)c1ccc(Oc2ccccc2)cc1. The van der Waals surface area contributed by atoms with E-state index in [1.807, 2.05) is 48.5 Å². The number of para-hydroxylation sites is 1. The zero-order valence-corrected chi connectivity index (χ0v) is 25.1. The van der Waals surface area contributed by atoms with E-state index in [0.717, 1.165) is 16.0 Å². The first-order valence-corrected chi connectivity index (χ1v) is 14.4. The molecular weight excluding hydrogens is 600 g/mol. The summed E-state index contributed by atoms with van der Waals surface area (Å²) in [6.45, 7) is 0.766. The lowest BCUT2D eigenvalue weighted by Gasteiger charge is -2.36. The Kier molecular flexibility index (Phi) is 10.7. The van der Waals surface area contributed by atoms with Crippen LogP contribution in [0.5, 0.6) is 11.5 Å². The fourth-order valence-corrected chi connectivity index (χ4v) is 5.33. The zero-order chi connectivity index (χ0) is 33.4. The van der Waals surface area contributed by atoms with Crippen molar-refractivity contribution in [3.63, 3.8) is 0 Å². The van der Waals surface area contributed by atoms with Crippen molar-refractivity contribution in [1.29, 1.82) is 0 Å². The van der Waals surface area contributed by atoms with Gasteiger partial charge >= 0.3 is 23.7 Å². The van der Waals surface area contributed by atoms with Gasteiger partial charge in [0, 0.05) is 19.0 Å². The summed E-state index contributed by atoms with van der Waals surface area (Å²) in [4.78, 5) is 63.5. The second kappa shape index (κ2) is 14.7. The summed E-state index contributed by atoms with van der Waals surface area (Å²) in [6.07, 6.45) is -3.07. The maximum atomic E-state index is 14.0. The smallest absolute Gasteiger partial charge is 0.377 e. The van der Waals surface area contributed by atoms with E-state index in [9.17, 15) is 39.3 Å². The predicted molar refractivity (Wildman–Crippen MR) is 161 cm³/mol. The van der Waals surface area contributed by atoms with E-state index < -0.39 is 66.2 Å². The van der Waals surface area contributed by atoms with Crippen LogP contribution in [-0.2, 0) is 39.9 Å². The Balaban J connectivity index is 1.69. The first-order valence-electron chi connectivity index (χ1n) is 14.4. The van der Waals surface area contributed by atoms with Crippen LogP contribution in [0.1, 0.15) is 30.4 Å². The van der Waals surface area contributed by atoms with Crippen LogP contribution < -0.4 is 10.1 Å². The minimum Gasteiger partial charge on any atom is -0.480 e. The number of carbonyl (C=O) groups is 5. The van der Waals surface area contributed by atoms with Crippen molar-refractivity contribution in [2.75, 3.05) is 13.6 Å². The molecule has 242 valence electrons. The second-order valence-corrected chi connectivity index (χ2v) is 10.6. The summed E-state index contributed by atoms with van der Waals surface area (Å²) in [5, 5.41) is 31.3. The van der Waals surface area contributed by atoms with Gasteiger partial charge in [0.05, 0.1) is 0 Å². The molecule has 13 heteroatoms. The molecule has 3 aromatic rings. The number of ether oxygens (including phenoxy) is 3. The number of carboxylic acid groups (broad SMARTS) is 3. The molecule has 1 saturated heterocycles. The normalized spacial score (nSPS) is 18.1. The Morgan fingerprint density at radius 2 is 1.37 bits per heavy atom. The molecule has 0 radical (unpaired) electrons. The molecule has 1 heterocycles. The van der Waals surface area contributed by atoms with Crippen LogP contribution in [-0.4, -0.2) is 87.6 Å². The van der Waals surface area contributed by atoms with Crippen molar-refractivity contribution in [2.24, 2.45) is 0 Å². The first kappa shape index (κ1) is 33.6. The fourth-order valence-electron chi connectivity index (χ4n) is 5.33. The third-order valence-electron chi connectivity index (χ3n) is 7.71. The molecule has 0 spiro atoms. The number of hydrogen-bond donors (Lipinski definition) is 4. The minimum atomic E-state index is -3.36. The van der Waals surface area contributed by atoms with Gasteiger partial charge in [-0.3, -0.25) is 14.4 Å². The topological polar surface area (TPSA) is 189 Å². The lowest BCUT2D eigenvalue weighted by Crippen LogP contribution is -2.54. The highest BCUT2D eigenvalue weighted by Crippen LogP contribution is 2.35. The maximum Gasteiger partial charge on any atom is 0.377 e. The third-order valence-corrected chi connectivity index (χ3v) is 7.71. The molecule has 13 nitrogen and oxygen atoms in total. The van der Waals surface area contributed by atoms with E-state index in [0.29, 0.717) is 24.3 Å². The summed E-state index contributed by atoms with van der Waals surface area (Å²) in [5.41, 5.74) is 1.74. The van der Waals surface area contributed by atoms with Gasteiger partial charge in [-0.2, -0.15) is 0 Å². The van der Waals surface area contributed by atoms with Gasteiger partial charge in [0.25, 0.3) is 11.8 Å². The molecule has 0 bridgehead atoms. The summed E-state index contributed by atoms with van der Waals surface area (Å²) in [6, 6.07) is 24.9. The molecule has 3 aromatic carbocycles. The molecule has 4 N–H and O–H groups in total. The van der Waals surface area contributed by atoms with Crippen LogP contribution in [0.2, 0.25) is 0 Å². The summed E-state index contributed by atoms with van der Waals surface area (Å²) >= 11 is 0. The molecule has 1 fully saturated rings. The van der Waals surface area contributed by atoms with Crippen molar-refractivity contribution in [3.8, 4) is 11.5 Å². The Bertz CT molecular complexity index is 1530. The number of nitrogens with one attached hydrogen (secondary N) is 1. The van der Waals surface area contributed by atoms with Crippen molar-refractivity contribution in [1.82, 2.24) is 10.2 Å². The van der Waals surface area contributed by atoms with Crippen molar-refractivity contribution in [2.45, 2.75) is 49.7 Å². The second-order valence-electron chi connectivity index (χ2n) is 10.6. The molecule has 1 aliphatic heterocycles. The van der Waals surface area contributed by atoms with Crippen molar-refractivity contribution < 1.29 is 53.5 Å². The predicted octanol–water partition coefficient (Wildman–Crippen LogP) is 2.89. The Hall–Kier alpha value is -5.27. The molecule has 4 unspecified atom stereocenters. The lowest BCUT2D eigenvalue weighted by atomic mass is 9.85. The molecule has 46 heavy (non-hydrogen) atoms. The van der Waals surface area contributed by atoms with Gasteiger partial charge in [-0.15, -0.1) is 0 Å². The Morgan fingerprint density at radius 3 is 1.91 bits per heavy atom. The number of hydrogen-bond acceptors (Lipinski definition) is 8. The minimum absolute atomic E-state index is 0.447. The average Bonchev–Trinajstić information content (AvgIpc) is 3.47. The Morgan fingerprint density at radius 1 is 0.826 bits per heavy atom. The van der Waals surface area contributed by atoms with E-state index in [4.69, 9.17) is 14.2 Å². The monoisotopic (exact) mass is 634 g/mol. The van der Waals surface area contributed by atoms with Crippen LogP contribution in [0, 0.1) is 0 Å². The molecule has 4 rings (SSSR count). The zero-order valence-electron chi connectivity index (χ0n) is 25.1. The standard InChI is InChI=1S/C33H34N2O11/c1-20(35(19-26(36)37)30(39)28-27(29(38)34-2)45-33(46-28,31(40)41)32(42)43)25(18-13-21-9-5-3-6-10-21)22-14-16-24(17-15-22)44-23-11-7-4-8-12-23/h3-12,14-17,20,25,27-28H,13,18-19H2,1-2H3,(H,34,38)(H,36,37)(H,40,41)(H,42,43). The number of likely N-dealkylation sites (N-methyl/N-ethyl adjacent to an activating group) is 1. The van der Waals surface area contributed by atoms with Crippen LogP contribution in [0.3, 0.4) is 0 Å². The number of benzene rings is 3. The van der Waals surface area contributed by atoms with E-state index >= 15 is 0 Å². The largest absolute Gasteiger partial charge is 0.480 e. The quantitative estimate of drug-likeness (QED) is 0.191. The maximum absolute atomic E-state index is 14.0. The van der Waals surface area contributed by atoms with E-state index in [1.54, 1.807) is 43.3 Å². The fraction of sp³-hybridized carbons (Fsp3) is 0.303. The third kappa shape index (κ3) is 7.50. The van der Waals surface area contributed by atoms with Crippen LogP contribution in [0.25, 0.3) is 0 Å². The van der Waals surface area contributed by atoms with Gasteiger partial charge in [0.2, 0.25) is 0 Å². The highest BCUT2D eigenvalue weighted by Gasteiger charge is 2.64. The molecule has 0 saturated carbocycles. The first-order chi connectivity index (χ1) is 22.0. The van der Waals surface area contributed by atoms with Gasteiger partial charge in [-0.05, 0) is 55.2 Å². The number of amides is 2. The molecule has 1 aliphatic rings. The number of aryl methyl sites for hydroxylation is 1. The molecule has 2 amide bonds. The highest BCUT2D eigenvalue weighted by molar-refractivity contribution is 6.03. The van der Waals surface area contributed by atoms with E-state index in [1.165, 1.54) is 7.05 Å².